The molecule has 0 bridgehead atoms. The van der Waals surface area contributed by atoms with Gasteiger partial charge in [0.25, 0.3) is 0 Å². The van der Waals surface area contributed by atoms with Gasteiger partial charge in [-0.05, 0) is 24.3 Å². The molecular weight excluding hydrogens is 306 g/mol. The summed E-state index contributed by atoms with van der Waals surface area (Å²) in [6.45, 7) is 0.409. The smallest absolute Gasteiger partial charge is 0.319 e. The Morgan fingerprint density at radius 1 is 1.13 bits per heavy atom. The molecule has 2 amide bonds. The van der Waals surface area contributed by atoms with Crippen LogP contribution < -0.4 is 20.1 Å². The molecule has 0 fully saturated rings. The molecule has 2 N–H and O–H groups in total. The molecule has 0 aliphatic rings. The maximum Gasteiger partial charge on any atom is 0.319 e. The van der Waals surface area contributed by atoms with Crippen LogP contribution in [0.4, 0.5) is 19.3 Å². The van der Waals surface area contributed by atoms with E-state index in [9.17, 15) is 13.6 Å². The van der Waals surface area contributed by atoms with E-state index in [0.717, 1.165) is 12.1 Å². The first-order valence-corrected chi connectivity index (χ1v) is 6.86. The number of rotatable bonds is 6. The molecule has 0 aliphatic heterocycles. The van der Waals surface area contributed by atoms with Gasteiger partial charge in [-0.3, -0.25) is 0 Å². The van der Waals surface area contributed by atoms with Gasteiger partial charge < -0.3 is 20.1 Å². The molecule has 0 aliphatic carbocycles. The van der Waals surface area contributed by atoms with Crippen molar-refractivity contribution in [2.45, 2.75) is 0 Å². The standard InChI is InChI=1S/C16H16F2N2O3/c1-22-14-4-2-3-5-15(14)23-9-8-19-16(21)20-13-7-6-11(17)10-12(13)18/h2-7,10H,8-9H2,1H3,(H2,19,20,21). The summed E-state index contributed by atoms with van der Waals surface area (Å²) in [4.78, 5) is 11.6. The van der Waals surface area contributed by atoms with Gasteiger partial charge in [-0.1, -0.05) is 12.1 Å². The predicted octanol–water partition coefficient (Wildman–Crippen LogP) is 3.17. The average molecular weight is 322 g/mol. The highest BCUT2D eigenvalue weighted by molar-refractivity contribution is 5.89. The second-order valence-electron chi connectivity index (χ2n) is 4.50. The van der Waals surface area contributed by atoms with Crippen molar-refractivity contribution in [1.82, 2.24) is 5.32 Å². The number of hydrogen-bond donors (Lipinski definition) is 2. The van der Waals surface area contributed by atoms with E-state index in [2.05, 4.69) is 10.6 Å². The minimum Gasteiger partial charge on any atom is -0.493 e. The second-order valence-corrected chi connectivity index (χ2v) is 4.50. The van der Waals surface area contributed by atoms with E-state index in [1.165, 1.54) is 7.11 Å². The molecule has 7 heteroatoms. The number of urea groups is 1. The van der Waals surface area contributed by atoms with Crippen LogP contribution in [0.3, 0.4) is 0 Å². The van der Waals surface area contributed by atoms with Gasteiger partial charge in [0.2, 0.25) is 0 Å². The van der Waals surface area contributed by atoms with Crippen LogP contribution in [-0.2, 0) is 0 Å². The largest absolute Gasteiger partial charge is 0.493 e. The van der Waals surface area contributed by atoms with Gasteiger partial charge >= 0.3 is 6.03 Å². The number of hydrogen-bond acceptors (Lipinski definition) is 3. The molecule has 122 valence electrons. The number of anilines is 1. The van der Waals surface area contributed by atoms with Crippen molar-refractivity contribution >= 4 is 11.7 Å². The Hall–Kier alpha value is -2.83. The van der Waals surface area contributed by atoms with Crippen LogP contribution in [0.15, 0.2) is 42.5 Å². The maximum absolute atomic E-state index is 13.4. The van der Waals surface area contributed by atoms with Crippen molar-refractivity contribution in [3.63, 3.8) is 0 Å². The molecule has 23 heavy (non-hydrogen) atoms. The van der Waals surface area contributed by atoms with Crippen LogP contribution in [0.25, 0.3) is 0 Å². The summed E-state index contributed by atoms with van der Waals surface area (Å²) in [6.07, 6.45) is 0. The van der Waals surface area contributed by atoms with Crippen molar-refractivity contribution in [1.29, 1.82) is 0 Å². The minimum atomic E-state index is -0.842. The van der Waals surface area contributed by atoms with Crippen molar-refractivity contribution in [2.24, 2.45) is 0 Å². The van der Waals surface area contributed by atoms with Gasteiger partial charge in [0.15, 0.2) is 11.5 Å². The molecule has 0 spiro atoms. The highest BCUT2D eigenvalue weighted by Gasteiger charge is 2.08. The Kier molecular flexibility index (Phi) is 5.74. The second kappa shape index (κ2) is 7.98. The molecule has 0 aromatic heterocycles. The van der Waals surface area contributed by atoms with Crippen LogP contribution in [0, 0.1) is 11.6 Å². The van der Waals surface area contributed by atoms with Gasteiger partial charge in [0, 0.05) is 6.07 Å². The number of halogens is 2. The minimum absolute atomic E-state index is 0.102. The lowest BCUT2D eigenvalue weighted by molar-refractivity contribution is 0.246. The number of carbonyl (C=O) groups excluding carboxylic acids is 1. The van der Waals surface area contributed by atoms with Crippen LogP contribution in [-0.4, -0.2) is 26.3 Å². The fourth-order valence-electron chi connectivity index (χ4n) is 1.82. The third-order valence-corrected chi connectivity index (χ3v) is 2.89. The quantitative estimate of drug-likeness (QED) is 0.803. The first kappa shape index (κ1) is 16.5. The van der Waals surface area contributed by atoms with E-state index in [0.29, 0.717) is 17.6 Å². The van der Waals surface area contributed by atoms with E-state index >= 15 is 0 Å². The Bertz CT molecular complexity index is 680. The number of para-hydroxylation sites is 2. The summed E-state index contributed by atoms with van der Waals surface area (Å²) in [5.41, 5.74) is -0.102. The molecule has 0 radical (unpaired) electrons. The topological polar surface area (TPSA) is 59.6 Å². The van der Waals surface area contributed by atoms with E-state index < -0.39 is 17.7 Å². The molecule has 2 aromatic carbocycles. The highest BCUT2D eigenvalue weighted by Crippen LogP contribution is 2.25. The number of ether oxygens (including phenoxy) is 2. The molecule has 0 heterocycles. The molecule has 0 saturated heterocycles. The Labute approximate surface area is 132 Å². The van der Waals surface area contributed by atoms with Crippen LogP contribution in [0.1, 0.15) is 0 Å². The number of benzene rings is 2. The third-order valence-electron chi connectivity index (χ3n) is 2.89. The van der Waals surface area contributed by atoms with Gasteiger partial charge in [-0.15, -0.1) is 0 Å². The molecule has 0 saturated carbocycles. The normalized spacial score (nSPS) is 10.0. The van der Waals surface area contributed by atoms with E-state index in [1.54, 1.807) is 18.2 Å². The summed E-state index contributed by atoms with van der Waals surface area (Å²) in [5, 5.41) is 4.79. The fraction of sp³-hybridized carbons (Fsp3) is 0.188. The van der Waals surface area contributed by atoms with Gasteiger partial charge in [-0.2, -0.15) is 0 Å². The van der Waals surface area contributed by atoms with E-state index in [4.69, 9.17) is 9.47 Å². The van der Waals surface area contributed by atoms with Crippen molar-refractivity contribution in [2.75, 3.05) is 25.6 Å². The summed E-state index contributed by atoms with van der Waals surface area (Å²) in [7, 11) is 1.53. The van der Waals surface area contributed by atoms with Crippen LogP contribution >= 0.6 is 0 Å². The molecule has 2 rings (SSSR count). The predicted molar refractivity (Wildman–Crippen MR) is 81.9 cm³/mol. The number of amides is 2. The zero-order chi connectivity index (χ0) is 16.7. The third kappa shape index (κ3) is 4.84. The highest BCUT2D eigenvalue weighted by atomic mass is 19.1. The SMILES string of the molecule is COc1ccccc1OCCNC(=O)Nc1ccc(F)cc1F. The molecular formula is C16H16F2N2O3. The van der Waals surface area contributed by atoms with Crippen molar-refractivity contribution in [3.8, 4) is 11.5 Å². The summed E-state index contributed by atoms with van der Waals surface area (Å²) in [5.74, 6) is -0.406. The van der Waals surface area contributed by atoms with Crippen LogP contribution in [0.5, 0.6) is 11.5 Å². The van der Waals surface area contributed by atoms with E-state index in [1.807, 2.05) is 6.07 Å². The summed E-state index contributed by atoms with van der Waals surface area (Å²) < 4.78 is 36.7. The lowest BCUT2D eigenvalue weighted by Crippen LogP contribution is -2.32. The van der Waals surface area contributed by atoms with E-state index in [-0.39, 0.29) is 18.8 Å². The zero-order valence-electron chi connectivity index (χ0n) is 12.4. The van der Waals surface area contributed by atoms with Gasteiger partial charge in [-0.25, -0.2) is 13.6 Å². The van der Waals surface area contributed by atoms with Gasteiger partial charge in [0.1, 0.15) is 18.2 Å². The average Bonchev–Trinajstić information content (AvgIpc) is 2.54. The van der Waals surface area contributed by atoms with Gasteiger partial charge in [0.05, 0.1) is 19.3 Å². The lowest BCUT2D eigenvalue weighted by Gasteiger charge is -2.11. The molecule has 0 atom stereocenters. The molecule has 2 aromatic rings. The number of nitrogens with one attached hydrogen (secondary N) is 2. The number of carbonyl (C=O) groups is 1. The number of methoxy groups -OCH3 is 1. The van der Waals surface area contributed by atoms with Crippen molar-refractivity contribution in [3.05, 3.63) is 54.1 Å². The molecule has 0 unspecified atom stereocenters. The fourth-order valence-corrected chi connectivity index (χ4v) is 1.82. The summed E-state index contributed by atoms with van der Waals surface area (Å²) in [6, 6.07) is 9.40. The first-order valence-electron chi connectivity index (χ1n) is 6.86. The Morgan fingerprint density at radius 2 is 1.87 bits per heavy atom. The monoisotopic (exact) mass is 322 g/mol. The first-order chi connectivity index (χ1) is 11.1. The van der Waals surface area contributed by atoms with Crippen molar-refractivity contribution < 1.29 is 23.0 Å². The van der Waals surface area contributed by atoms with Crippen LogP contribution in [0.2, 0.25) is 0 Å². The zero-order valence-corrected chi connectivity index (χ0v) is 12.4. The Balaban J connectivity index is 1.76. The Morgan fingerprint density at radius 3 is 2.57 bits per heavy atom. The molecule has 5 nitrogen and oxygen atoms in total. The summed E-state index contributed by atoms with van der Waals surface area (Å²) >= 11 is 0. The maximum atomic E-state index is 13.4. The lowest BCUT2D eigenvalue weighted by atomic mass is 10.3.